The van der Waals surface area contributed by atoms with Gasteiger partial charge in [0.2, 0.25) is 0 Å². The van der Waals surface area contributed by atoms with Gasteiger partial charge in [-0.15, -0.1) is 0 Å². The van der Waals surface area contributed by atoms with Gasteiger partial charge in [0.1, 0.15) is 0 Å². The van der Waals surface area contributed by atoms with E-state index in [0.29, 0.717) is 0 Å². The monoisotopic (exact) mass is 769 g/mol. The van der Waals surface area contributed by atoms with E-state index in [-0.39, 0.29) is 0 Å². The fourth-order valence-electron chi connectivity index (χ4n) is 8.49. The molecule has 2 heteroatoms. The van der Waals surface area contributed by atoms with E-state index in [9.17, 15) is 0 Å². The van der Waals surface area contributed by atoms with Crippen LogP contribution in [0.15, 0.2) is 46.4 Å². The Morgan fingerprint density at radius 1 is 0.357 bits per heavy atom. The van der Waals surface area contributed by atoms with Crippen LogP contribution in [0.2, 0.25) is 0 Å². The molecule has 0 amide bonds. The summed E-state index contributed by atoms with van der Waals surface area (Å²) in [7, 11) is 0. The second-order valence-corrected chi connectivity index (χ2v) is 17.4. The molecule has 2 nitrogen and oxygen atoms in total. The second-order valence-electron chi connectivity index (χ2n) is 17.4. The maximum atomic E-state index is 5.22. The zero-order valence-electron chi connectivity index (χ0n) is 38.2. The average Bonchev–Trinajstić information content (AvgIpc) is 3.20. The standard InChI is InChI=1S/C54H92N2/c1-6-11-12-13-14-15-16-17-18-19-20-21-22-23-24-25-26-27-28-29-30-31-32-33-34-35-40-54(56-53-44-42-49(37-8-3)51(46-53)39-10-5)47-55-52-43-41-48(36-7-2)50(45-52)38-9-4/h41-47H,6-40H2,1-5H3. The highest BCUT2D eigenvalue weighted by atomic mass is 14.8. The fraction of sp³-hybridized carbons (Fsp3) is 0.741. The second kappa shape index (κ2) is 35.9. The van der Waals surface area contributed by atoms with E-state index < -0.39 is 0 Å². The molecule has 0 saturated heterocycles. The summed E-state index contributed by atoms with van der Waals surface area (Å²) in [6.45, 7) is 11.4. The lowest BCUT2D eigenvalue weighted by Gasteiger charge is -2.10. The number of hydrogen-bond acceptors (Lipinski definition) is 2. The zero-order valence-corrected chi connectivity index (χ0v) is 38.2. The Morgan fingerprint density at radius 2 is 0.679 bits per heavy atom. The molecule has 0 aliphatic heterocycles. The van der Waals surface area contributed by atoms with Crippen LogP contribution in [0, 0.1) is 0 Å². The summed E-state index contributed by atoms with van der Waals surface area (Å²) >= 11 is 0. The van der Waals surface area contributed by atoms with Crippen LogP contribution < -0.4 is 0 Å². The molecule has 0 fully saturated rings. The van der Waals surface area contributed by atoms with Gasteiger partial charge in [0, 0.05) is 6.21 Å². The zero-order chi connectivity index (χ0) is 40.2. The Labute approximate surface area is 350 Å². The predicted molar refractivity (Wildman–Crippen MR) is 254 cm³/mol. The van der Waals surface area contributed by atoms with Gasteiger partial charge in [0.15, 0.2) is 0 Å². The van der Waals surface area contributed by atoms with Crippen LogP contribution in [0.3, 0.4) is 0 Å². The Hall–Kier alpha value is -2.22. The third-order valence-electron chi connectivity index (χ3n) is 11.9. The van der Waals surface area contributed by atoms with E-state index in [1.807, 2.05) is 0 Å². The smallest absolute Gasteiger partial charge is 0.0636 e. The number of nitrogens with zero attached hydrogens (tertiary/aromatic N) is 2. The average molecular weight is 769 g/mol. The van der Waals surface area contributed by atoms with Gasteiger partial charge < -0.3 is 0 Å². The van der Waals surface area contributed by atoms with Gasteiger partial charge in [-0.05, 0) is 85.0 Å². The van der Waals surface area contributed by atoms with E-state index in [2.05, 4.69) is 77.2 Å². The number of aliphatic imine (C=N–C) groups is 2. The van der Waals surface area contributed by atoms with Crippen molar-refractivity contribution in [1.29, 1.82) is 0 Å². The summed E-state index contributed by atoms with van der Waals surface area (Å²) in [6.07, 6.45) is 49.6. The first kappa shape index (κ1) is 49.9. The molecule has 0 aliphatic carbocycles. The van der Waals surface area contributed by atoms with Crippen LogP contribution in [0.1, 0.15) is 256 Å². The quantitative estimate of drug-likeness (QED) is 0.0480. The topological polar surface area (TPSA) is 24.7 Å². The predicted octanol–water partition coefficient (Wildman–Crippen LogP) is 18.5. The number of benzene rings is 2. The molecule has 2 aromatic rings. The third kappa shape index (κ3) is 25.2. The van der Waals surface area contributed by atoms with Crippen molar-refractivity contribution >= 4 is 23.3 Å². The summed E-state index contributed by atoms with van der Waals surface area (Å²) in [5, 5.41) is 0. The Kier molecular flexibility index (Phi) is 32.0. The molecule has 2 rings (SSSR count). The van der Waals surface area contributed by atoms with Crippen molar-refractivity contribution in [2.24, 2.45) is 9.98 Å². The normalized spacial score (nSPS) is 12.1. The van der Waals surface area contributed by atoms with Crippen LogP contribution in [-0.4, -0.2) is 11.9 Å². The van der Waals surface area contributed by atoms with Crippen LogP contribution >= 0.6 is 0 Å². The highest BCUT2D eigenvalue weighted by Gasteiger charge is 2.07. The molecule has 0 spiro atoms. The maximum Gasteiger partial charge on any atom is 0.0636 e. The van der Waals surface area contributed by atoms with E-state index in [1.54, 1.807) is 0 Å². The maximum absolute atomic E-state index is 5.22. The summed E-state index contributed by atoms with van der Waals surface area (Å²) < 4.78 is 0. The minimum atomic E-state index is 0.998. The Bertz CT molecular complexity index is 1260. The van der Waals surface area contributed by atoms with Crippen molar-refractivity contribution in [2.45, 2.75) is 259 Å². The van der Waals surface area contributed by atoms with Crippen LogP contribution in [0.25, 0.3) is 0 Å². The molecular weight excluding hydrogens is 677 g/mol. The van der Waals surface area contributed by atoms with Gasteiger partial charge in [-0.3, -0.25) is 9.98 Å². The van der Waals surface area contributed by atoms with E-state index in [1.165, 1.54) is 215 Å². The van der Waals surface area contributed by atoms with Crippen molar-refractivity contribution in [3.63, 3.8) is 0 Å². The van der Waals surface area contributed by atoms with Crippen LogP contribution in [0.5, 0.6) is 0 Å². The molecule has 0 radical (unpaired) electrons. The van der Waals surface area contributed by atoms with Gasteiger partial charge in [-0.1, -0.05) is 233 Å². The summed E-state index contributed by atoms with van der Waals surface area (Å²) in [5.74, 6) is 0. The first-order valence-electron chi connectivity index (χ1n) is 25.0. The van der Waals surface area contributed by atoms with Gasteiger partial charge in [0.05, 0.1) is 17.1 Å². The molecule has 0 aromatic heterocycles. The number of rotatable bonds is 38. The van der Waals surface area contributed by atoms with E-state index in [0.717, 1.165) is 49.2 Å². The highest BCUT2D eigenvalue weighted by Crippen LogP contribution is 2.24. The molecule has 0 bridgehead atoms. The van der Waals surface area contributed by atoms with Crippen LogP contribution in [-0.2, 0) is 25.7 Å². The molecule has 56 heavy (non-hydrogen) atoms. The number of hydrogen-bond donors (Lipinski definition) is 0. The highest BCUT2D eigenvalue weighted by molar-refractivity contribution is 6.31. The molecule has 0 N–H and O–H groups in total. The molecule has 318 valence electrons. The summed E-state index contributed by atoms with van der Waals surface area (Å²) in [4.78, 5) is 10.2. The van der Waals surface area contributed by atoms with Gasteiger partial charge in [-0.25, -0.2) is 0 Å². The van der Waals surface area contributed by atoms with Crippen molar-refractivity contribution < 1.29 is 0 Å². The number of aryl methyl sites for hydroxylation is 4. The summed E-state index contributed by atoms with van der Waals surface area (Å²) in [6, 6.07) is 13.7. The lowest BCUT2D eigenvalue weighted by Crippen LogP contribution is -2.01. The van der Waals surface area contributed by atoms with Crippen molar-refractivity contribution in [2.75, 3.05) is 0 Å². The minimum Gasteiger partial charge on any atom is -0.255 e. The molecule has 2 aromatic carbocycles. The molecule has 0 heterocycles. The van der Waals surface area contributed by atoms with E-state index in [4.69, 9.17) is 9.98 Å². The van der Waals surface area contributed by atoms with Gasteiger partial charge in [-0.2, -0.15) is 0 Å². The Balaban J connectivity index is 1.63. The minimum absolute atomic E-state index is 0.998. The van der Waals surface area contributed by atoms with Crippen molar-refractivity contribution in [1.82, 2.24) is 0 Å². The first-order chi connectivity index (χ1) is 27.6. The SMILES string of the molecule is CCCCCCCCCCCCCCCCCCCCCCCCCCCCC(C=Nc1ccc(CCC)c(CCC)c1)=Nc1ccc(CCC)c(CCC)c1. The molecule has 0 saturated carbocycles. The van der Waals surface area contributed by atoms with E-state index >= 15 is 0 Å². The first-order valence-corrected chi connectivity index (χ1v) is 25.0. The largest absolute Gasteiger partial charge is 0.255 e. The molecule has 0 atom stereocenters. The van der Waals surface area contributed by atoms with Gasteiger partial charge >= 0.3 is 0 Å². The van der Waals surface area contributed by atoms with Crippen molar-refractivity contribution in [3.8, 4) is 0 Å². The third-order valence-corrected chi connectivity index (χ3v) is 11.9. The van der Waals surface area contributed by atoms with Gasteiger partial charge in [0.25, 0.3) is 0 Å². The van der Waals surface area contributed by atoms with Crippen molar-refractivity contribution in [3.05, 3.63) is 58.7 Å². The Morgan fingerprint density at radius 3 is 1.05 bits per heavy atom. The van der Waals surface area contributed by atoms with Crippen LogP contribution in [0.4, 0.5) is 11.4 Å². The lowest BCUT2D eigenvalue weighted by molar-refractivity contribution is 0.515. The fourth-order valence-corrected chi connectivity index (χ4v) is 8.49. The molecule has 0 aliphatic rings. The molecular formula is C54H92N2. The molecule has 0 unspecified atom stereocenters. The summed E-state index contributed by atoms with van der Waals surface area (Å²) in [5.41, 5.74) is 9.20. The lowest BCUT2D eigenvalue weighted by atomic mass is 9.99. The number of unbranched alkanes of at least 4 members (excludes halogenated alkanes) is 25.